The van der Waals surface area contributed by atoms with Gasteiger partial charge in [0.05, 0.1) is 12.9 Å². The minimum atomic E-state index is 0.696. The molecule has 2 aromatic rings. The molecule has 1 aromatic carbocycles. The van der Waals surface area contributed by atoms with Crippen molar-refractivity contribution in [2.24, 2.45) is 0 Å². The molecule has 90 valence electrons. The third-order valence-electron chi connectivity index (χ3n) is 2.63. The molecule has 17 heavy (non-hydrogen) atoms. The van der Waals surface area contributed by atoms with Crippen LogP contribution in [0.1, 0.15) is 12.0 Å². The Labute approximate surface area is 101 Å². The molecule has 2 rings (SSSR count). The average Bonchev–Trinajstić information content (AvgIpc) is 2.82. The van der Waals surface area contributed by atoms with Crippen LogP contribution in [0.5, 0.6) is 5.75 Å². The number of benzene rings is 1. The molecule has 1 heterocycles. The quantitative estimate of drug-likeness (QED) is 0.634. The van der Waals surface area contributed by atoms with Gasteiger partial charge in [-0.3, -0.25) is 0 Å². The van der Waals surface area contributed by atoms with Crippen molar-refractivity contribution >= 4 is 5.69 Å². The number of anilines is 1. The Kier molecular flexibility index (Phi) is 3.65. The number of rotatable bonds is 5. The number of nitrogens with zero attached hydrogens (tertiary/aromatic N) is 2. The van der Waals surface area contributed by atoms with Gasteiger partial charge in [0.1, 0.15) is 5.75 Å². The van der Waals surface area contributed by atoms with Gasteiger partial charge < -0.3 is 15.0 Å². The first-order chi connectivity index (χ1) is 8.25. The van der Waals surface area contributed by atoms with Crippen molar-refractivity contribution < 1.29 is 4.74 Å². The van der Waals surface area contributed by atoms with Crippen LogP contribution in [0, 0.1) is 6.92 Å². The minimum Gasteiger partial charge on any atom is -0.494 e. The van der Waals surface area contributed by atoms with E-state index in [4.69, 9.17) is 10.5 Å². The van der Waals surface area contributed by atoms with E-state index in [1.807, 2.05) is 42.2 Å². The lowest BCUT2D eigenvalue weighted by atomic mass is 10.2. The SMILES string of the molecule is Cc1cc(OCCCn2ccnc2)ccc1N. The van der Waals surface area contributed by atoms with Gasteiger partial charge in [-0.1, -0.05) is 0 Å². The number of nitrogen functional groups attached to an aromatic ring is 1. The van der Waals surface area contributed by atoms with E-state index in [1.165, 1.54) is 0 Å². The van der Waals surface area contributed by atoms with Gasteiger partial charge in [-0.2, -0.15) is 0 Å². The first-order valence-corrected chi connectivity index (χ1v) is 5.70. The third-order valence-corrected chi connectivity index (χ3v) is 2.63. The Morgan fingerprint density at radius 3 is 3.00 bits per heavy atom. The monoisotopic (exact) mass is 231 g/mol. The van der Waals surface area contributed by atoms with E-state index in [9.17, 15) is 0 Å². The second-order valence-electron chi connectivity index (χ2n) is 4.02. The van der Waals surface area contributed by atoms with Crippen molar-refractivity contribution in [3.63, 3.8) is 0 Å². The van der Waals surface area contributed by atoms with Crippen LogP contribution in [0.3, 0.4) is 0 Å². The number of aryl methyl sites for hydroxylation is 2. The van der Waals surface area contributed by atoms with Crippen molar-refractivity contribution in [3.8, 4) is 5.75 Å². The molecule has 1 aromatic heterocycles. The summed E-state index contributed by atoms with van der Waals surface area (Å²) in [5.74, 6) is 0.877. The highest BCUT2D eigenvalue weighted by Gasteiger charge is 1.98. The Balaban J connectivity index is 1.76. The fourth-order valence-electron chi connectivity index (χ4n) is 1.59. The highest BCUT2D eigenvalue weighted by Crippen LogP contribution is 2.18. The summed E-state index contributed by atoms with van der Waals surface area (Å²) >= 11 is 0. The molecule has 0 bridgehead atoms. The predicted molar refractivity (Wildman–Crippen MR) is 67.9 cm³/mol. The number of nitrogens with two attached hydrogens (primary N) is 1. The summed E-state index contributed by atoms with van der Waals surface area (Å²) in [6.07, 6.45) is 6.50. The van der Waals surface area contributed by atoms with Crippen LogP contribution in [0.2, 0.25) is 0 Å². The highest BCUT2D eigenvalue weighted by molar-refractivity contribution is 5.49. The molecule has 0 amide bonds. The van der Waals surface area contributed by atoms with Crippen LogP contribution >= 0.6 is 0 Å². The lowest BCUT2D eigenvalue weighted by Crippen LogP contribution is -2.03. The van der Waals surface area contributed by atoms with E-state index in [2.05, 4.69) is 4.98 Å². The molecule has 0 atom stereocenters. The van der Waals surface area contributed by atoms with Crippen LogP contribution in [0.4, 0.5) is 5.69 Å². The summed E-state index contributed by atoms with van der Waals surface area (Å²) < 4.78 is 7.69. The molecule has 4 nitrogen and oxygen atoms in total. The lowest BCUT2D eigenvalue weighted by molar-refractivity contribution is 0.301. The fourth-order valence-corrected chi connectivity index (χ4v) is 1.59. The molecule has 0 fully saturated rings. The second kappa shape index (κ2) is 5.39. The summed E-state index contributed by atoms with van der Waals surface area (Å²) in [6, 6.07) is 5.74. The maximum Gasteiger partial charge on any atom is 0.119 e. The maximum absolute atomic E-state index is 5.74. The Morgan fingerprint density at radius 1 is 1.41 bits per heavy atom. The van der Waals surface area contributed by atoms with Crippen LogP contribution in [0.15, 0.2) is 36.9 Å². The van der Waals surface area contributed by atoms with Crippen molar-refractivity contribution in [3.05, 3.63) is 42.5 Å². The molecule has 0 unspecified atom stereocenters. The Bertz CT molecular complexity index is 466. The predicted octanol–water partition coefficient (Wildman–Crippen LogP) is 2.24. The zero-order valence-electron chi connectivity index (χ0n) is 9.97. The van der Waals surface area contributed by atoms with E-state index in [1.54, 1.807) is 6.20 Å². The van der Waals surface area contributed by atoms with Crippen molar-refractivity contribution in [2.45, 2.75) is 19.9 Å². The van der Waals surface area contributed by atoms with Gasteiger partial charge in [-0.15, -0.1) is 0 Å². The summed E-state index contributed by atoms with van der Waals surface area (Å²) in [4.78, 5) is 3.99. The van der Waals surface area contributed by atoms with E-state index < -0.39 is 0 Å². The number of imidazole rings is 1. The van der Waals surface area contributed by atoms with E-state index in [0.29, 0.717) is 6.61 Å². The summed E-state index contributed by atoms with van der Waals surface area (Å²) in [5, 5.41) is 0. The second-order valence-corrected chi connectivity index (χ2v) is 4.02. The molecular formula is C13H17N3O. The molecule has 0 spiro atoms. The van der Waals surface area contributed by atoms with Crippen LogP contribution in [-0.2, 0) is 6.54 Å². The molecule has 0 saturated carbocycles. The van der Waals surface area contributed by atoms with Gasteiger partial charge in [-0.05, 0) is 37.1 Å². The topological polar surface area (TPSA) is 53.1 Å². The molecule has 0 aliphatic carbocycles. The Morgan fingerprint density at radius 2 is 2.29 bits per heavy atom. The van der Waals surface area contributed by atoms with Gasteiger partial charge in [0, 0.05) is 24.6 Å². The Hall–Kier alpha value is -1.97. The van der Waals surface area contributed by atoms with Crippen molar-refractivity contribution in [2.75, 3.05) is 12.3 Å². The standard InChI is InChI=1S/C13H17N3O/c1-11-9-12(3-4-13(11)14)17-8-2-6-16-7-5-15-10-16/h3-5,7,9-10H,2,6,8,14H2,1H3. The first kappa shape index (κ1) is 11.5. The van der Waals surface area contributed by atoms with E-state index in [0.717, 1.165) is 30.0 Å². The highest BCUT2D eigenvalue weighted by atomic mass is 16.5. The molecule has 0 saturated heterocycles. The van der Waals surface area contributed by atoms with Crippen molar-refractivity contribution in [1.29, 1.82) is 0 Å². The largest absolute Gasteiger partial charge is 0.494 e. The number of hydrogen-bond donors (Lipinski definition) is 1. The number of hydrogen-bond acceptors (Lipinski definition) is 3. The van der Waals surface area contributed by atoms with E-state index >= 15 is 0 Å². The molecule has 0 aliphatic rings. The minimum absolute atomic E-state index is 0.696. The van der Waals surface area contributed by atoms with Crippen LogP contribution < -0.4 is 10.5 Å². The maximum atomic E-state index is 5.74. The smallest absolute Gasteiger partial charge is 0.119 e. The van der Waals surface area contributed by atoms with Gasteiger partial charge in [0.15, 0.2) is 0 Å². The van der Waals surface area contributed by atoms with Gasteiger partial charge in [-0.25, -0.2) is 4.98 Å². The molecule has 0 radical (unpaired) electrons. The van der Waals surface area contributed by atoms with Crippen LogP contribution in [0.25, 0.3) is 0 Å². The third kappa shape index (κ3) is 3.24. The van der Waals surface area contributed by atoms with Gasteiger partial charge in [0.25, 0.3) is 0 Å². The zero-order valence-corrected chi connectivity index (χ0v) is 9.97. The number of ether oxygens (including phenoxy) is 1. The zero-order chi connectivity index (χ0) is 12.1. The van der Waals surface area contributed by atoms with Gasteiger partial charge >= 0.3 is 0 Å². The molecule has 4 heteroatoms. The fraction of sp³-hybridized carbons (Fsp3) is 0.308. The molecule has 0 aliphatic heterocycles. The number of aromatic nitrogens is 2. The van der Waals surface area contributed by atoms with Crippen LogP contribution in [-0.4, -0.2) is 16.2 Å². The molecule has 2 N–H and O–H groups in total. The molecular weight excluding hydrogens is 214 g/mol. The van der Waals surface area contributed by atoms with Crippen molar-refractivity contribution in [1.82, 2.24) is 9.55 Å². The first-order valence-electron chi connectivity index (χ1n) is 5.70. The summed E-state index contributed by atoms with van der Waals surface area (Å²) in [5.41, 5.74) is 7.60. The normalized spacial score (nSPS) is 10.4. The van der Waals surface area contributed by atoms with E-state index in [-0.39, 0.29) is 0 Å². The van der Waals surface area contributed by atoms with Gasteiger partial charge in [0.2, 0.25) is 0 Å². The summed E-state index contributed by atoms with van der Waals surface area (Å²) in [7, 11) is 0. The average molecular weight is 231 g/mol. The summed E-state index contributed by atoms with van der Waals surface area (Å²) in [6.45, 7) is 3.60. The lowest BCUT2D eigenvalue weighted by Gasteiger charge is -2.08.